The van der Waals surface area contributed by atoms with Gasteiger partial charge in [0.2, 0.25) is 0 Å². The van der Waals surface area contributed by atoms with E-state index in [0.717, 1.165) is 18.4 Å². The molecule has 3 N–H and O–H groups in total. The van der Waals surface area contributed by atoms with Crippen LogP contribution in [0.4, 0.5) is 5.82 Å². The van der Waals surface area contributed by atoms with Gasteiger partial charge in [0.05, 0.1) is 0 Å². The Kier molecular flexibility index (Phi) is 2.69. The van der Waals surface area contributed by atoms with Crippen LogP contribution in [0, 0.1) is 0 Å². The van der Waals surface area contributed by atoms with Gasteiger partial charge in [0.15, 0.2) is 5.65 Å². The van der Waals surface area contributed by atoms with Crippen LogP contribution in [0.5, 0.6) is 0 Å². The number of carboxylic acids is 1. The number of hydrogen-bond acceptors (Lipinski definition) is 3. The molecule has 0 spiro atoms. The van der Waals surface area contributed by atoms with Crippen LogP contribution in [0.2, 0.25) is 0 Å². The van der Waals surface area contributed by atoms with Crippen LogP contribution in [-0.4, -0.2) is 20.5 Å². The average Bonchev–Trinajstić information content (AvgIpc) is 3.11. The highest BCUT2D eigenvalue weighted by Gasteiger charge is 2.18. The van der Waals surface area contributed by atoms with Gasteiger partial charge in [-0.1, -0.05) is 12.1 Å². The van der Waals surface area contributed by atoms with Crippen molar-refractivity contribution in [2.45, 2.75) is 19.3 Å². The number of hydrogen-bond donors (Lipinski definition) is 2. The lowest BCUT2D eigenvalue weighted by molar-refractivity contribution is 0.0698. The largest absolute Gasteiger partial charge is 0.478 e. The highest BCUT2D eigenvalue weighted by atomic mass is 16.4. The zero-order valence-corrected chi connectivity index (χ0v) is 11.9. The van der Waals surface area contributed by atoms with Crippen molar-refractivity contribution in [2.24, 2.45) is 0 Å². The number of nitrogens with zero attached hydrogens (tertiary/aromatic N) is 2. The van der Waals surface area contributed by atoms with Crippen molar-refractivity contribution in [2.75, 3.05) is 5.73 Å². The van der Waals surface area contributed by atoms with Crippen molar-refractivity contribution in [1.29, 1.82) is 0 Å². The van der Waals surface area contributed by atoms with Crippen LogP contribution in [0.15, 0.2) is 36.5 Å². The molecule has 0 amide bonds. The molecule has 5 heteroatoms. The second kappa shape index (κ2) is 4.59. The fourth-order valence-corrected chi connectivity index (χ4v) is 3.18. The maximum absolute atomic E-state index is 11.3. The first-order valence-corrected chi connectivity index (χ1v) is 7.27. The average molecular weight is 293 g/mol. The second-order valence-electron chi connectivity index (χ2n) is 5.60. The van der Waals surface area contributed by atoms with Crippen LogP contribution in [-0.2, 0) is 12.8 Å². The zero-order chi connectivity index (χ0) is 15.3. The van der Waals surface area contributed by atoms with Gasteiger partial charge >= 0.3 is 5.97 Å². The van der Waals surface area contributed by atoms with E-state index in [1.54, 1.807) is 16.7 Å². The number of pyridine rings is 1. The molecule has 1 aliphatic carbocycles. The Balaban J connectivity index is 1.94. The summed E-state index contributed by atoms with van der Waals surface area (Å²) in [5, 5.41) is 9.29. The topological polar surface area (TPSA) is 80.6 Å². The quantitative estimate of drug-likeness (QED) is 0.761. The molecule has 1 aliphatic rings. The minimum Gasteiger partial charge on any atom is -0.478 e. The molecule has 0 aliphatic heterocycles. The summed E-state index contributed by atoms with van der Waals surface area (Å²) in [5.41, 5.74) is 11.0. The number of benzene rings is 1. The lowest BCUT2D eigenvalue weighted by Gasteiger charge is -2.03. The molecule has 2 aromatic heterocycles. The van der Waals surface area contributed by atoms with Crippen LogP contribution in [0.3, 0.4) is 0 Å². The number of aryl methyl sites for hydroxylation is 2. The lowest BCUT2D eigenvalue weighted by Crippen LogP contribution is -2.01. The maximum Gasteiger partial charge on any atom is 0.339 e. The van der Waals surface area contributed by atoms with E-state index >= 15 is 0 Å². The first-order valence-electron chi connectivity index (χ1n) is 7.27. The smallest absolute Gasteiger partial charge is 0.339 e. The van der Waals surface area contributed by atoms with Crippen molar-refractivity contribution in [3.8, 4) is 11.3 Å². The highest BCUT2D eigenvalue weighted by molar-refractivity contribution is 5.95. The molecular formula is C17H15N3O2. The number of carboxylic acid groups (broad SMARTS) is 1. The number of rotatable bonds is 2. The number of carbonyl (C=O) groups is 1. The Morgan fingerprint density at radius 3 is 2.86 bits per heavy atom. The number of fused-ring (bicyclic) bond motifs is 2. The number of nitrogen functional groups attached to an aromatic ring is 1. The molecule has 0 saturated heterocycles. The first kappa shape index (κ1) is 12.9. The van der Waals surface area contributed by atoms with Gasteiger partial charge in [-0.15, -0.1) is 0 Å². The number of imidazole rings is 1. The third-order valence-corrected chi connectivity index (χ3v) is 4.29. The molecule has 0 atom stereocenters. The Morgan fingerprint density at radius 1 is 1.23 bits per heavy atom. The van der Waals surface area contributed by atoms with Crippen LogP contribution < -0.4 is 5.73 Å². The summed E-state index contributed by atoms with van der Waals surface area (Å²) in [4.78, 5) is 15.8. The van der Waals surface area contributed by atoms with Crippen molar-refractivity contribution in [1.82, 2.24) is 9.38 Å². The lowest BCUT2D eigenvalue weighted by atomic mass is 10.0. The molecule has 22 heavy (non-hydrogen) atoms. The molecular weight excluding hydrogens is 278 g/mol. The van der Waals surface area contributed by atoms with Crippen molar-refractivity contribution >= 4 is 17.4 Å². The molecule has 110 valence electrons. The van der Waals surface area contributed by atoms with E-state index in [4.69, 9.17) is 5.73 Å². The molecule has 1 aromatic carbocycles. The van der Waals surface area contributed by atoms with Gasteiger partial charge in [0, 0.05) is 11.8 Å². The SMILES string of the molecule is Nc1c(-c2ccc3c(c2)CCC3)nc2c(C(=O)O)cccn12. The standard InChI is InChI=1S/C17H15N3O2/c18-15-14(12-7-6-10-3-1-4-11(10)9-12)19-16-13(17(21)22)5-2-8-20(15)16/h2,5-9H,1,3-4,18H2,(H,21,22). The van der Waals surface area contributed by atoms with Crippen LogP contribution in [0.1, 0.15) is 27.9 Å². The first-order chi connectivity index (χ1) is 10.6. The molecule has 0 unspecified atom stereocenters. The normalized spacial score (nSPS) is 13.5. The van der Waals surface area contributed by atoms with E-state index in [0.29, 0.717) is 17.2 Å². The molecule has 0 saturated carbocycles. The van der Waals surface area contributed by atoms with Crippen molar-refractivity contribution in [3.05, 3.63) is 53.2 Å². The Morgan fingerprint density at radius 2 is 2.05 bits per heavy atom. The third-order valence-electron chi connectivity index (χ3n) is 4.29. The Labute approximate surface area is 127 Å². The fourth-order valence-electron chi connectivity index (χ4n) is 3.18. The van der Waals surface area contributed by atoms with E-state index in [1.807, 2.05) is 6.07 Å². The summed E-state index contributed by atoms with van der Waals surface area (Å²) in [5.74, 6) is -0.535. The summed E-state index contributed by atoms with van der Waals surface area (Å²) in [6.45, 7) is 0. The summed E-state index contributed by atoms with van der Waals surface area (Å²) in [7, 11) is 0. The van der Waals surface area contributed by atoms with E-state index in [1.165, 1.54) is 23.6 Å². The summed E-state index contributed by atoms with van der Waals surface area (Å²) >= 11 is 0. The maximum atomic E-state index is 11.3. The molecule has 0 fully saturated rings. The van der Waals surface area contributed by atoms with Gasteiger partial charge in [-0.25, -0.2) is 9.78 Å². The predicted octanol–water partition coefficient (Wildman–Crippen LogP) is 2.77. The predicted molar refractivity (Wildman–Crippen MR) is 84.0 cm³/mol. The van der Waals surface area contributed by atoms with Crippen molar-refractivity contribution in [3.63, 3.8) is 0 Å². The van der Waals surface area contributed by atoms with Crippen LogP contribution >= 0.6 is 0 Å². The molecule has 0 bridgehead atoms. The summed E-state index contributed by atoms with van der Waals surface area (Å²) < 4.78 is 1.63. The Bertz CT molecular complexity index is 912. The number of nitrogens with two attached hydrogens (primary N) is 1. The Hall–Kier alpha value is -2.82. The zero-order valence-electron chi connectivity index (χ0n) is 11.9. The number of anilines is 1. The highest BCUT2D eigenvalue weighted by Crippen LogP contribution is 2.31. The van der Waals surface area contributed by atoms with E-state index in [-0.39, 0.29) is 5.56 Å². The molecule has 4 rings (SSSR count). The molecule has 0 radical (unpaired) electrons. The van der Waals surface area contributed by atoms with Crippen molar-refractivity contribution < 1.29 is 9.90 Å². The van der Waals surface area contributed by atoms with Gasteiger partial charge in [0.1, 0.15) is 17.1 Å². The van der Waals surface area contributed by atoms with Gasteiger partial charge in [-0.2, -0.15) is 0 Å². The van der Waals surface area contributed by atoms with E-state index in [9.17, 15) is 9.90 Å². The van der Waals surface area contributed by atoms with E-state index < -0.39 is 5.97 Å². The van der Waals surface area contributed by atoms with Crippen LogP contribution in [0.25, 0.3) is 16.9 Å². The number of aromatic nitrogens is 2. The summed E-state index contributed by atoms with van der Waals surface area (Å²) in [6, 6.07) is 9.47. The van der Waals surface area contributed by atoms with E-state index in [2.05, 4.69) is 17.1 Å². The molecule has 2 heterocycles. The van der Waals surface area contributed by atoms with Gasteiger partial charge < -0.3 is 10.8 Å². The second-order valence-corrected chi connectivity index (χ2v) is 5.60. The monoisotopic (exact) mass is 293 g/mol. The molecule has 5 nitrogen and oxygen atoms in total. The minimum absolute atomic E-state index is 0.154. The van der Waals surface area contributed by atoms with Gasteiger partial charge in [-0.3, -0.25) is 4.40 Å². The molecule has 3 aromatic rings. The summed E-state index contributed by atoms with van der Waals surface area (Å²) in [6.07, 6.45) is 5.12. The number of aromatic carboxylic acids is 1. The van der Waals surface area contributed by atoms with Gasteiger partial charge in [-0.05, 0) is 48.6 Å². The van der Waals surface area contributed by atoms with Gasteiger partial charge in [0.25, 0.3) is 0 Å². The fraction of sp³-hybridized carbons (Fsp3) is 0.176. The minimum atomic E-state index is -1.00. The third kappa shape index (κ3) is 1.79.